The third-order valence-corrected chi connectivity index (χ3v) is 3.74. The van der Waals surface area contributed by atoms with Crippen molar-refractivity contribution in [1.82, 2.24) is 15.1 Å². The number of hydrogen-bond acceptors (Lipinski definition) is 5. The van der Waals surface area contributed by atoms with Gasteiger partial charge in [-0.2, -0.15) is 0 Å². The van der Waals surface area contributed by atoms with E-state index in [1.165, 1.54) is 12.1 Å². The Balaban J connectivity index is 1.58. The van der Waals surface area contributed by atoms with Crippen molar-refractivity contribution in [2.24, 2.45) is 0 Å². The molecule has 0 aliphatic carbocycles. The zero-order valence-electron chi connectivity index (χ0n) is 14.3. The number of hydrogen-bond donors (Lipinski definition) is 0. The van der Waals surface area contributed by atoms with Crippen LogP contribution in [0.15, 0.2) is 59.0 Å². The fraction of sp³-hybridized carbons (Fsp3) is 0.211. The molecule has 0 bridgehead atoms. The Morgan fingerprint density at radius 2 is 1.96 bits per heavy atom. The summed E-state index contributed by atoms with van der Waals surface area (Å²) in [5.74, 6) is -0.266. The maximum absolute atomic E-state index is 13.3. The molecule has 1 aromatic heterocycles. The highest BCUT2D eigenvalue weighted by Crippen LogP contribution is 2.20. The van der Waals surface area contributed by atoms with Gasteiger partial charge < -0.3 is 14.1 Å². The van der Waals surface area contributed by atoms with Gasteiger partial charge in [-0.05, 0) is 36.8 Å². The van der Waals surface area contributed by atoms with Crippen molar-refractivity contribution >= 4 is 5.91 Å². The highest BCUT2D eigenvalue weighted by Gasteiger charge is 2.16. The molecule has 7 heteroatoms. The first-order valence-electron chi connectivity index (χ1n) is 8.19. The first-order valence-corrected chi connectivity index (χ1v) is 8.19. The van der Waals surface area contributed by atoms with E-state index in [0.717, 1.165) is 5.56 Å². The Hall–Kier alpha value is -3.22. The average molecular weight is 355 g/mol. The van der Waals surface area contributed by atoms with Gasteiger partial charge in [-0.25, -0.2) is 4.39 Å². The molecule has 0 atom stereocenters. The summed E-state index contributed by atoms with van der Waals surface area (Å²) >= 11 is 0. The van der Waals surface area contributed by atoms with E-state index in [2.05, 4.69) is 10.2 Å². The molecule has 0 aliphatic rings. The van der Waals surface area contributed by atoms with Gasteiger partial charge >= 0.3 is 6.08 Å². The maximum Gasteiger partial charge on any atom is 0.415 e. The molecule has 134 valence electrons. The van der Waals surface area contributed by atoms with E-state index < -0.39 is 0 Å². The number of benzene rings is 2. The molecule has 1 amide bonds. The minimum atomic E-state index is -0.332. The second kappa shape index (κ2) is 8.24. The monoisotopic (exact) mass is 355 g/mol. The second-order valence-corrected chi connectivity index (χ2v) is 5.57. The van der Waals surface area contributed by atoms with Gasteiger partial charge in [-0.3, -0.25) is 4.79 Å². The van der Waals surface area contributed by atoms with Crippen molar-refractivity contribution in [3.63, 3.8) is 0 Å². The number of carbonyl (C=O) groups excluding carboxylic acids is 1. The predicted molar refractivity (Wildman–Crippen MR) is 92.7 cm³/mol. The molecule has 0 fully saturated rings. The number of carbonyl (C=O) groups is 1. The first-order chi connectivity index (χ1) is 12.7. The summed E-state index contributed by atoms with van der Waals surface area (Å²) in [7, 11) is 0. The molecule has 3 aromatic rings. The van der Waals surface area contributed by atoms with Crippen molar-refractivity contribution in [3.8, 4) is 17.5 Å². The van der Waals surface area contributed by atoms with Gasteiger partial charge in [0.1, 0.15) is 5.82 Å². The Labute approximate surface area is 150 Å². The van der Waals surface area contributed by atoms with Crippen molar-refractivity contribution in [3.05, 3.63) is 66.0 Å². The van der Waals surface area contributed by atoms with Crippen molar-refractivity contribution < 1.29 is 18.3 Å². The quantitative estimate of drug-likeness (QED) is 0.650. The number of halogens is 1. The molecular weight excluding hydrogens is 337 g/mol. The summed E-state index contributed by atoms with van der Waals surface area (Å²) < 4.78 is 24.0. The second-order valence-electron chi connectivity index (χ2n) is 5.57. The average Bonchev–Trinajstić information content (AvgIpc) is 3.14. The van der Waals surface area contributed by atoms with Crippen LogP contribution in [0.3, 0.4) is 0 Å². The number of nitrogens with zero attached hydrogens (tertiary/aromatic N) is 3. The van der Waals surface area contributed by atoms with Gasteiger partial charge in [0.2, 0.25) is 0 Å². The van der Waals surface area contributed by atoms with Gasteiger partial charge in [-0.15, -0.1) is 5.10 Å². The number of aromatic nitrogens is 2. The van der Waals surface area contributed by atoms with Crippen LogP contribution < -0.4 is 4.74 Å². The van der Waals surface area contributed by atoms with E-state index in [4.69, 9.17) is 9.15 Å². The van der Waals surface area contributed by atoms with Gasteiger partial charge in [0.05, 0.1) is 0 Å². The van der Waals surface area contributed by atoms with Gasteiger partial charge in [0.25, 0.3) is 11.8 Å². The van der Waals surface area contributed by atoms with E-state index in [0.29, 0.717) is 24.5 Å². The molecule has 26 heavy (non-hydrogen) atoms. The summed E-state index contributed by atoms with van der Waals surface area (Å²) in [5.41, 5.74) is 1.48. The van der Waals surface area contributed by atoms with Crippen LogP contribution in [0.2, 0.25) is 0 Å². The maximum atomic E-state index is 13.3. The predicted octanol–water partition coefficient (Wildman–Crippen LogP) is 3.30. The first kappa shape index (κ1) is 17.6. The summed E-state index contributed by atoms with van der Waals surface area (Å²) in [5, 5.41) is 7.68. The summed E-state index contributed by atoms with van der Waals surface area (Å²) in [6, 6.07) is 15.4. The molecule has 0 radical (unpaired) electrons. The molecular formula is C19H18FN3O3. The number of rotatable bonds is 7. The van der Waals surface area contributed by atoms with Crippen molar-refractivity contribution in [1.29, 1.82) is 0 Å². The van der Waals surface area contributed by atoms with Gasteiger partial charge in [-0.1, -0.05) is 35.4 Å². The lowest BCUT2D eigenvalue weighted by Crippen LogP contribution is -2.34. The lowest BCUT2D eigenvalue weighted by atomic mass is 10.2. The van der Waals surface area contributed by atoms with Gasteiger partial charge in [0, 0.05) is 18.7 Å². The van der Waals surface area contributed by atoms with Crippen molar-refractivity contribution in [2.75, 3.05) is 13.2 Å². The largest absolute Gasteiger partial charge is 0.439 e. The molecule has 6 nitrogen and oxygen atoms in total. The SMILES string of the molecule is CCN(Cc1cccc(F)c1)C(=O)COc1nnc(-c2ccccc2)o1. The summed E-state index contributed by atoms with van der Waals surface area (Å²) in [6.45, 7) is 2.38. The van der Waals surface area contributed by atoms with Crippen LogP contribution in [0.1, 0.15) is 12.5 Å². The van der Waals surface area contributed by atoms with Crippen LogP contribution >= 0.6 is 0 Å². The van der Waals surface area contributed by atoms with Gasteiger partial charge in [0.15, 0.2) is 6.61 Å². The van der Waals surface area contributed by atoms with Crippen LogP contribution in [0.25, 0.3) is 11.5 Å². The van der Waals surface area contributed by atoms with Crippen LogP contribution in [-0.4, -0.2) is 34.2 Å². The van der Waals surface area contributed by atoms with E-state index in [1.54, 1.807) is 17.0 Å². The topological polar surface area (TPSA) is 68.5 Å². The van der Waals surface area contributed by atoms with Crippen molar-refractivity contribution in [2.45, 2.75) is 13.5 Å². The van der Waals surface area contributed by atoms with Crippen LogP contribution in [0.4, 0.5) is 4.39 Å². The molecule has 1 heterocycles. The molecule has 0 N–H and O–H groups in total. The number of likely N-dealkylation sites (N-methyl/N-ethyl adjacent to an activating group) is 1. The lowest BCUT2D eigenvalue weighted by Gasteiger charge is -2.20. The van der Waals surface area contributed by atoms with Crippen LogP contribution in [0.5, 0.6) is 6.08 Å². The Bertz CT molecular complexity index is 867. The lowest BCUT2D eigenvalue weighted by molar-refractivity contribution is -0.134. The Morgan fingerprint density at radius 3 is 2.69 bits per heavy atom. The molecule has 0 unspecified atom stereocenters. The smallest absolute Gasteiger partial charge is 0.415 e. The fourth-order valence-electron chi connectivity index (χ4n) is 2.41. The zero-order chi connectivity index (χ0) is 18.4. The molecule has 0 saturated carbocycles. The van der Waals surface area contributed by atoms with Crippen LogP contribution in [-0.2, 0) is 11.3 Å². The highest BCUT2D eigenvalue weighted by molar-refractivity contribution is 5.77. The van der Waals surface area contributed by atoms with Crippen LogP contribution in [0, 0.1) is 5.82 Å². The third kappa shape index (κ3) is 4.44. The summed E-state index contributed by atoms with van der Waals surface area (Å²) in [4.78, 5) is 13.9. The molecule has 0 spiro atoms. The third-order valence-electron chi connectivity index (χ3n) is 3.74. The normalized spacial score (nSPS) is 10.5. The molecule has 3 rings (SSSR count). The van der Waals surface area contributed by atoms with E-state index in [-0.39, 0.29) is 24.4 Å². The zero-order valence-corrected chi connectivity index (χ0v) is 14.3. The molecule has 0 aliphatic heterocycles. The fourth-order valence-corrected chi connectivity index (χ4v) is 2.41. The van der Waals surface area contributed by atoms with E-state index in [9.17, 15) is 9.18 Å². The Morgan fingerprint density at radius 1 is 1.15 bits per heavy atom. The minimum Gasteiger partial charge on any atom is -0.439 e. The minimum absolute atomic E-state index is 0.0704. The molecule has 0 saturated heterocycles. The van der Waals surface area contributed by atoms with E-state index in [1.807, 2.05) is 37.3 Å². The molecule has 2 aromatic carbocycles. The number of ether oxygens (including phenoxy) is 1. The standard InChI is InChI=1S/C19H18FN3O3/c1-2-23(12-14-7-6-10-16(20)11-14)17(24)13-25-19-22-21-18(26-19)15-8-4-3-5-9-15/h3-11H,2,12-13H2,1H3. The highest BCUT2D eigenvalue weighted by atomic mass is 19.1. The Kier molecular flexibility index (Phi) is 5.58. The summed E-state index contributed by atoms with van der Waals surface area (Å²) in [6.07, 6.45) is -0.0704. The number of amides is 1. The van der Waals surface area contributed by atoms with E-state index >= 15 is 0 Å².